The minimum Gasteiger partial charge on any atom is -0.395 e. The maximum Gasteiger partial charge on any atom is 0.274 e. The van der Waals surface area contributed by atoms with Gasteiger partial charge in [-0.2, -0.15) is 5.10 Å². The summed E-state index contributed by atoms with van der Waals surface area (Å²) in [5, 5.41) is 13.7. The molecule has 0 atom stereocenters. The van der Waals surface area contributed by atoms with Crippen molar-refractivity contribution >= 4 is 21.8 Å². The first kappa shape index (κ1) is 18.4. The van der Waals surface area contributed by atoms with Crippen LogP contribution < -0.4 is 0 Å². The first-order chi connectivity index (χ1) is 12.7. The van der Waals surface area contributed by atoms with Gasteiger partial charge in [0.15, 0.2) is 5.69 Å². The number of hydrogen-bond acceptors (Lipinski definition) is 3. The summed E-state index contributed by atoms with van der Waals surface area (Å²) in [5.74, 6) is -0.177. The van der Waals surface area contributed by atoms with E-state index in [9.17, 15) is 9.90 Å². The maximum absolute atomic E-state index is 12.8. The number of carbonyl (C=O) groups is 1. The van der Waals surface area contributed by atoms with Gasteiger partial charge in [0.25, 0.3) is 5.91 Å². The highest BCUT2D eigenvalue weighted by Gasteiger charge is 2.18. The van der Waals surface area contributed by atoms with Crippen LogP contribution in [0.3, 0.4) is 0 Å². The van der Waals surface area contributed by atoms with E-state index in [1.165, 1.54) is 0 Å². The molecule has 0 saturated heterocycles. The van der Waals surface area contributed by atoms with E-state index in [0.29, 0.717) is 12.2 Å². The summed E-state index contributed by atoms with van der Waals surface area (Å²) in [6.07, 6.45) is 2.50. The van der Waals surface area contributed by atoms with Gasteiger partial charge in [0.05, 0.1) is 12.3 Å². The third-order valence-corrected chi connectivity index (χ3v) is 4.54. The van der Waals surface area contributed by atoms with E-state index in [2.05, 4.69) is 21.0 Å². The van der Waals surface area contributed by atoms with Crippen LogP contribution in [0.15, 0.2) is 71.3 Å². The third kappa shape index (κ3) is 4.59. The molecule has 26 heavy (non-hydrogen) atoms. The van der Waals surface area contributed by atoms with Crippen molar-refractivity contribution in [3.05, 3.63) is 82.6 Å². The van der Waals surface area contributed by atoms with Crippen LogP contribution in [0.5, 0.6) is 0 Å². The van der Waals surface area contributed by atoms with Gasteiger partial charge in [-0.05, 0) is 36.2 Å². The number of rotatable bonds is 7. The highest BCUT2D eigenvalue weighted by Crippen LogP contribution is 2.15. The molecule has 1 aromatic heterocycles. The van der Waals surface area contributed by atoms with Crippen molar-refractivity contribution in [2.75, 3.05) is 19.7 Å². The molecule has 0 saturated carbocycles. The molecule has 3 rings (SSSR count). The van der Waals surface area contributed by atoms with Gasteiger partial charge in [-0.3, -0.25) is 4.79 Å². The minimum atomic E-state index is -0.177. The zero-order valence-electron chi connectivity index (χ0n) is 14.3. The standard InChI is InChI=1S/C20H20BrN3O2/c21-17-7-4-8-18(15-17)24-12-10-19(22-24)20(26)23(13-14-25)11-9-16-5-2-1-3-6-16/h1-8,10,12,15,25H,9,11,13-14H2. The Balaban J connectivity index is 1.73. The number of aliphatic hydroxyl groups is 1. The van der Waals surface area contributed by atoms with E-state index >= 15 is 0 Å². The van der Waals surface area contributed by atoms with Crippen molar-refractivity contribution in [3.8, 4) is 5.69 Å². The Labute approximate surface area is 161 Å². The van der Waals surface area contributed by atoms with Crippen LogP contribution in [-0.2, 0) is 6.42 Å². The molecule has 0 aliphatic rings. The van der Waals surface area contributed by atoms with Gasteiger partial charge >= 0.3 is 0 Å². The number of benzene rings is 2. The fourth-order valence-electron chi connectivity index (χ4n) is 2.71. The molecule has 2 aromatic carbocycles. The zero-order chi connectivity index (χ0) is 18.4. The summed E-state index contributed by atoms with van der Waals surface area (Å²) in [7, 11) is 0. The van der Waals surface area contributed by atoms with Crippen molar-refractivity contribution < 1.29 is 9.90 Å². The van der Waals surface area contributed by atoms with Gasteiger partial charge < -0.3 is 10.0 Å². The minimum absolute atomic E-state index is 0.0765. The normalized spacial score (nSPS) is 10.7. The molecule has 0 unspecified atom stereocenters. The monoisotopic (exact) mass is 413 g/mol. The van der Waals surface area contributed by atoms with Gasteiger partial charge in [-0.25, -0.2) is 4.68 Å². The molecule has 5 nitrogen and oxygen atoms in total. The molecular weight excluding hydrogens is 394 g/mol. The maximum atomic E-state index is 12.8. The van der Waals surface area contributed by atoms with Crippen LogP contribution >= 0.6 is 15.9 Å². The lowest BCUT2D eigenvalue weighted by Gasteiger charge is -2.20. The lowest BCUT2D eigenvalue weighted by molar-refractivity contribution is 0.0717. The molecule has 0 radical (unpaired) electrons. The van der Waals surface area contributed by atoms with Crippen molar-refractivity contribution in [2.24, 2.45) is 0 Å². The lowest BCUT2D eigenvalue weighted by Crippen LogP contribution is -2.35. The highest BCUT2D eigenvalue weighted by molar-refractivity contribution is 9.10. The molecule has 0 spiro atoms. The predicted octanol–water partition coefficient (Wildman–Crippen LogP) is 3.31. The Morgan fingerprint density at radius 3 is 2.62 bits per heavy atom. The van der Waals surface area contributed by atoms with Gasteiger partial charge in [-0.1, -0.05) is 52.3 Å². The van der Waals surface area contributed by atoms with E-state index in [1.807, 2.05) is 54.6 Å². The summed E-state index contributed by atoms with van der Waals surface area (Å²) in [6.45, 7) is 0.745. The second-order valence-electron chi connectivity index (χ2n) is 5.88. The average molecular weight is 414 g/mol. The number of aliphatic hydroxyl groups excluding tert-OH is 1. The van der Waals surface area contributed by atoms with Crippen LogP contribution in [0.2, 0.25) is 0 Å². The van der Waals surface area contributed by atoms with Crippen molar-refractivity contribution in [1.29, 1.82) is 0 Å². The van der Waals surface area contributed by atoms with Crippen LogP contribution in [0, 0.1) is 0 Å². The van der Waals surface area contributed by atoms with Crippen LogP contribution in [0.25, 0.3) is 5.69 Å². The number of halogens is 1. The summed E-state index contributed by atoms with van der Waals surface area (Å²) < 4.78 is 2.62. The van der Waals surface area contributed by atoms with Crippen LogP contribution in [-0.4, -0.2) is 45.4 Å². The average Bonchev–Trinajstić information content (AvgIpc) is 3.16. The Hall–Kier alpha value is -2.44. The summed E-state index contributed by atoms with van der Waals surface area (Å²) in [4.78, 5) is 14.4. The fourth-order valence-corrected chi connectivity index (χ4v) is 3.09. The quantitative estimate of drug-likeness (QED) is 0.646. The Kier molecular flexibility index (Phi) is 6.20. The molecule has 6 heteroatoms. The number of amides is 1. The third-order valence-electron chi connectivity index (χ3n) is 4.05. The first-order valence-corrected chi connectivity index (χ1v) is 9.22. The topological polar surface area (TPSA) is 58.4 Å². The van der Waals surface area contributed by atoms with E-state index in [0.717, 1.165) is 22.1 Å². The number of aromatic nitrogens is 2. The molecule has 134 valence electrons. The molecule has 1 heterocycles. The molecule has 0 fully saturated rings. The summed E-state index contributed by atoms with van der Waals surface area (Å²) >= 11 is 3.44. The Bertz CT molecular complexity index is 864. The number of nitrogens with zero attached hydrogens (tertiary/aromatic N) is 3. The van der Waals surface area contributed by atoms with E-state index in [-0.39, 0.29) is 19.1 Å². The molecule has 0 aliphatic carbocycles. The molecule has 1 amide bonds. The molecular formula is C20H20BrN3O2. The van der Waals surface area contributed by atoms with Crippen molar-refractivity contribution in [2.45, 2.75) is 6.42 Å². The van der Waals surface area contributed by atoms with Crippen molar-refractivity contribution in [3.63, 3.8) is 0 Å². The van der Waals surface area contributed by atoms with Gasteiger partial charge in [-0.15, -0.1) is 0 Å². The molecule has 1 N–H and O–H groups in total. The largest absolute Gasteiger partial charge is 0.395 e. The SMILES string of the molecule is O=C(c1ccn(-c2cccc(Br)c2)n1)N(CCO)CCc1ccccc1. The fraction of sp³-hybridized carbons (Fsp3) is 0.200. The number of hydrogen-bond donors (Lipinski definition) is 1. The second-order valence-corrected chi connectivity index (χ2v) is 6.79. The van der Waals surface area contributed by atoms with E-state index in [1.54, 1.807) is 21.8 Å². The molecule has 0 bridgehead atoms. The van der Waals surface area contributed by atoms with E-state index in [4.69, 9.17) is 0 Å². The highest BCUT2D eigenvalue weighted by atomic mass is 79.9. The van der Waals surface area contributed by atoms with Crippen LogP contribution in [0.1, 0.15) is 16.1 Å². The van der Waals surface area contributed by atoms with E-state index < -0.39 is 0 Å². The van der Waals surface area contributed by atoms with Gasteiger partial charge in [0.2, 0.25) is 0 Å². The smallest absolute Gasteiger partial charge is 0.274 e. The first-order valence-electron chi connectivity index (χ1n) is 8.43. The van der Waals surface area contributed by atoms with Gasteiger partial charge in [0.1, 0.15) is 0 Å². The summed E-state index contributed by atoms with van der Waals surface area (Å²) in [6, 6.07) is 19.4. The second kappa shape index (κ2) is 8.78. The predicted molar refractivity (Wildman–Crippen MR) is 104 cm³/mol. The number of carbonyl (C=O) groups excluding carboxylic acids is 1. The lowest BCUT2D eigenvalue weighted by atomic mass is 10.1. The van der Waals surface area contributed by atoms with Crippen molar-refractivity contribution in [1.82, 2.24) is 14.7 Å². The summed E-state index contributed by atoms with van der Waals surface area (Å²) in [5.41, 5.74) is 2.39. The molecule has 3 aromatic rings. The van der Waals surface area contributed by atoms with Crippen LogP contribution in [0.4, 0.5) is 0 Å². The molecule has 0 aliphatic heterocycles. The zero-order valence-corrected chi connectivity index (χ0v) is 15.8. The van der Waals surface area contributed by atoms with Gasteiger partial charge in [0, 0.05) is 23.8 Å². The Morgan fingerprint density at radius 2 is 1.88 bits per heavy atom. The Morgan fingerprint density at radius 1 is 1.08 bits per heavy atom.